The molecule has 4 fully saturated rings. The highest BCUT2D eigenvalue weighted by atomic mass is 16.7. The average Bonchev–Trinajstić information content (AvgIpc) is 0.852. The summed E-state index contributed by atoms with van der Waals surface area (Å²) in [7, 11) is 3.86. The second-order valence-electron chi connectivity index (χ2n) is 21.3. The number of benzene rings is 4. The number of esters is 2. The van der Waals surface area contributed by atoms with Gasteiger partial charge in [0.25, 0.3) is 0 Å². The standard InChI is InChI=1S/C60H68O31/c1-24-55(91-42(65)14-8-25-5-10-29(11-6-25)84-58-51(74)48(71)45(68)39(89-58)22-81-41(64)13-9-26-7-12-31(63)34(15-26)78-2)50(73)54(77)57(83-24)82-23-40-46(69)49(72)53(76)60(90-40)87-37-20-30-32(85-56(37)27-16-35(79-3)43(66)36(17-27)80-4)18-28(62)19-33(30)86-59-52(75)47(70)44(67)38(21-61)88-59/h5-20,24,38-40,44-55,57-61,67-77H,21-23H2,1-4H3,(H2-,62,63,64,66)/p+1/b14-8+/t24-,38-,39-,40-,44+,45+,46+,47+,48+,49-,50+,51-,52-,53-,54+,55+,57-,58-,59-,60-/m1/s1. The fourth-order valence-corrected chi connectivity index (χ4v) is 10.1. The van der Waals surface area contributed by atoms with Gasteiger partial charge in [0.05, 0.1) is 52.3 Å². The molecule has 4 aromatic carbocycles. The minimum atomic E-state index is -2.04. The number of rotatable bonds is 21. The number of carbonyl (C=O) groups is 2. The van der Waals surface area contributed by atoms with Crippen LogP contribution in [-0.4, -0.2) is 253 Å². The molecule has 0 aliphatic carbocycles. The van der Waals surface area contributed by atoms with Crippen molar-refractivity contribution in [2.45, 2.75) is 130 Å². The number of aromatic hydroxyl groups is 3. The first-order chi connectivity index (χ1) is 43.4. The summed E-state index contributed by atoms with van der Waals surface area (Å²) in [5.74, 6) is -3.64. The number of methoxy groups -OCH3 is 3. The van der Waals surface area contributed by atoms with Gasteiger partial charge in [0.15, 0.2) is 35.4 Å². The predicted octanol–water partition coefficient (Wildman–Crippen LogP) is -1.56. The zero-order valence-corrected chi connectivity index (χ0v) is 48.6. The number of carbonyl (C=O) groups excluding carboxylic acids is 2. The van der Waals surface area contributed by atoms with E-state index in [0.717, 1.165) is 24.3 Å². The quantitative estimate of drug-likeness (QED) is 0.0224. The summed E-state index contributed by atoms with van der Waals surface area (Å²) in [6.45, 7) is -0.671. The van der Waals surface area contributed by atoms with Gasteiger partial charge in [-0.15, -0.1) is 0 Å². The average molecular weight is 1290 g/mol. The Bertz CT molecular complexity index is 3350. The molecule has 0 unspecified atom stereocenters. The highest BCUT2D eigenvalue weighted by molar-refractivity contribution is 5.90. The molecule has 4 aliphatic rings. The second kappa shape index (κ2) is 29.2. The van der Waals surface area contributed by atoms with Crippen LogP contribution in [0.4, 0.5) is 0 Å². The van der Waals surface area contributed by atoms with Crippen LogP contribution in [0.15, 0.2) is 89.4 Å². The van der Waals surface area contributed by atoms with Gasteiger partial charge >= 0.3 is 23.3 Å². The van der Waals surface area contributed by atoms with Crippen molar-refractivity contribution in [2.75, 3.05) is 41.2 Å². The molecule has 5 heterocycles. The van der Waals surface area contributed by atoms with E-state index in [9.17, 15) is 86.2 Å². The van der Waals surface area contributed by atoms with Crippen LogP contribution < -0.4 is 28.4 Å². The summed E-state index contributed by atoms with van der Waals surface area (Å²) in [4.78, 5) is 25.6. The summed E-state index contributed by atoms with van der Waals surface area (Å²) in [6.07, 6.45) is -29.5. The molecule has 5 aromatic rings. The maximum absolute atomic E-state index is 13.1. The van der Waals surface area contributed by atoms with Gasteiger partial charge in [0.2, 0.25) is 30.4 Å². The third-order valence-corrected chi connectivity index (χ3v) is 15.2. The molecular formula is C60H69O31+. The predicted molar refractivity (Wildman–Crippen MR) is 304 cm³/mol. The first-order valence-corrected chi connectivity index (χ1v) is 28.0. The molecule has 20 atom stereocenters. The normalized spacial score (nSPS) is 31.9. The van der Waals surface area contributed by atoms with Crippen molar-refractivity contribution in [3.8, 4) is 63.1 Å². The minimum Gasteiger partial charge on any atom is -0.507 e. The van der Waals surface area contributed by atoms with Crippen LogP contribution in [0.25, 0.3) is 34.4 Å². The Morgan fingerprint density at radius 2 is 1.04 bits per heavy atom. The zero-order valence-electron chi connectivity index (χ0n) is 48.6. The number of fused-ring (bicyclic) bond motifs is 1. The van der Waals surface area contributed by atoms with Crippen LogP contribution in [0, 0.1) is 0 Å². The summed E-state index contributed by atoms with van der Waals surface area (Å²) in [5, 5.41) is 161. The Hall–Kier alpha value is -7.77. The molecule has 0 radical (unpaired) electrons. The van der Waals surface area contributed by atoms with Crippen molar-refractivity contribution in [2.24, 2.45) is 0 Å². The van der Waals surface area contributed by atoms with E-state index in [-0.39, 0.29) is 62.5 Å². The minimum absolute atomic E-state index is 0.0530. The van der Waals surface area contributed by atoms with E-state index >= 15 is 0 Å². The highest BCUT2D eigenvalue weighted by Gasteiger charge is 2.51. The van der Waals surface area contributed by atoms with Gasteiger partial charge in [-0.2, -0.15) is 0 Å². The fraction of sp³-hybridized carbons (Fsp3) is 0.450. The third-order valence-electron chi connectivity index (χ3n) is 15.2. The lowest BCUT2D eigenvalue weighted by Crippen LogP contribution is -2.62. The summed E-state index contributed by atoms with van der Waals surface area (Å²) >= 11 is 0. The van der Waals surface area contributed by atoms with E-state index in [2.05, 4.69) is 0 Å². The largest absolute Gasteiger partial charge is 0.507 e. The van der Waals surface area contributed by atoms with E-state index in [1.165, 1.54) is 101 Å². The molecule has 31 heteroatoms. The van der Waals surface area contributed by atoms with Gasteiger partial charge in [-0.05, 0) is 54.5 Å². The molecule has 0 bridgehead atoms. The Kier molecular flexibility index (Phi) is 21.7. The van der Waals surface area contributed by atoms with E-state index < -0.39 is 166 Å². The molecule has 0 spiro atoms. The summed E-state index contributed by atoms with van der Waals surface area (Å²) in [5.41, 5.74) is 0.831. The molecule has 494 valence electrons. The van der Waals surface area contributed by atoms with Crippen molar-refractivity contribution in [3.05, 3.63) is 96.1 Å². The molecule has 15 N–H and O–H groups in total. The van der Waals surface area contributed by atoms with E-state index in [4.69, 9.17) is 66.0 Å². The van der Waals surface area contributed by atoms with Gasteiger partial charge in [0, 0.05) is 36.4 Å². The molecule has 4 saturated heterocycles. The second-order valence-corrected chi connectivity index (χ2v) is 21.3. The van der Waals surface area contributed by atoms with Gasteiger partial charge in [0.1, 0.15) is 115 Å². The van der Waals surface area contributed by atoms with E-state index in [1.807, 2.05) is 0 Å². The highest BCUT2D eigenvalue weighted by Crippen LogP contribution is 2.46. The van der Waals surface area contributed by atoms with Gasteiger partial charge in [-0.1, -0.05) is 18.2 Å². The van der Waals surface area contributed by atoms with Crippen LogP contribution in [0.3, 0.4) is 0 Å². The van der Waals surface area contributed by atoms with Crippen LogP contribution in [-0.2, 0) is 42.7 Å². The zero-order chi connectivity index (χ0) is 65.7. The maximum atomic E-state index is 13.1. The van der Waals surface area contributed by atoms with Crippen molar-refractivity contribution in [1.29, 1.82) is 0 Å². The Morgan fingerprint density at radius 3 is 1.65 bits per heavy atom. The van der Waals surface area contributed by atoms with Crippen molar-refractivity contribution in [3.63, 3.8) is 0 Å². The number of hydrogen-bond acceptors (Lipinski definition) is 30. The number of aliphatic hydroxyl groups is 12. The van der Waals surface area contributed by atoms with Crippen LogP contribution in [0.1, 0.15) is 18.1 Å². The Balaban J connectivity index is 0.821. The summed E-state index contributed by atoms with van der Waals surface area (Å²) < 4.78 is 79.2. The third kappa shape index (κ3) is 15.1. The molecule has 0 saturated carbocycles. The molecule has 4 aliphatic heterocycles. The van der Waals surface area contributed by atoms with E-state index in [0.29, 0.717) is 11.1 Å². The Labute approximate surface area is 515 Å². The number of aliphatic hydroxyl groups excluding tert-OH is 12. The fourth-order valence-electron chi connectivity index (χ4n) is 10.1. The van der Waals surface area contributed by atoms with Crippen LogP contribution >= 0.6 is 0 Å². The van der Waals surface area contributed by atoms with Crippen molar-refractivity contribution in [1.82, 2.24) is 0 Å². The number of phenolic OH excluding ortho intramolecular Hbond substituents is 3. The lowest BCUT2D eigenvalue weighted by molar-refractivity contribution is -0.319. The van der Waals surface area contributed by atoms with Crippen LogP contribution in [0.2, 0.25) is 0 Å². The van der Waals surface area contributed by atoms with E-state index in [1.54, 1.807) is 0 Å². The summed E-state index contributed by atoms with van der Waals surface area (Å²) in [6, 6.07) is 16.3. The first-order valence-electron chi connectivity index (χ1n) is 28.0. The topological polar surface area (TPSA) is 469 Å². The molecular weight excluding hydrogens is 1220 g/mol. The number of hydrogen-bond donors (Lipinski definition) is 15. The SMILES string of the molecule is COc1cc(C=CC(=O)OC[C@H]2O[C@@H](Oc3ccc(/C=C/C(=O)O[C@@H]4[C@@H](O)[C@H](O)[C@H](OC[C@H]5O[C@@H](Oc6cc7c(O[C@@H]8O[C@H](CO)[C@H](O)[C@H](O)[C@H]8O)cc(O)cc7[o+]c6-c6cc(OC)c(O)c(OC)c6)[C@H](O)[C@H](O)[C@H]5O)O[C@@H]4C)cc3)[C@H](O)[C@@H](O)[C@H]2O)ccc1O. The number of ether oxygens (including phenoxy) is 13. The smallest absolute Gasteiger partial charge is 0.402 e. The lowest BCUT2D eigenvalue weighted by Gasteiger charge is -2.42. The first kappa shape index (κ1) is 67.6. The monoisotopic (exact) mass is 1290 g/mol. The van der Waals surface area contributed by atoms with Gasteiger partial charge in [-0.3, -0.25) is 0 Å². The van der Waals surface area contributed by atoms with Gasteiger partial charge < -0.3 is 138 Å². The molecule has 9 rings (SSSR count). The molecule has 0 amide bonds. The lowest BCUT2D eigenvalue weighted by atomic mass is 9.98. The van der Waals surface area contributed by atoms with Crippen LogP contribution in [0.5, 0.6) is 51.7 Å². The van der Waals surface area contributed by atoms with Crippen molar-refractivity contribution < 1.29 is 152 Å². The van der Waals surface area contributed by atoms with Gasteiger partial charge in [-0.25, -0.2) is 14.0 Å². The molecule has 1 aromatic heterocycles. The number of phenols is 3. The van der Waals surface area contributed by atoms with Crippen molar-refractivity contribution >= 4 is 35.1 Å². The molecule has 91 heavy (non-hydrogen) atoms. The Morgan fingerprint density at radius 1 is 0.516 bits per heavy atom. The maximum Gasteiger partial charge on any atom is 0.402 e. The molecule has 31 nitrogen and oxygen atoms in total.